The zero-order chi connectivity index (χ0) is 15.2. The van der Waals surface area contributed by atoms with Gasteiger partial charge in [0.15, 0.2) is 0 Å². The normalized spacial score (nSPS) is 22.5. The second kappa shape index (κ2) is 4.80. The molecule has 1 aliphatic rings. The summed E-state index contributed by atoms with van der Waals surface area (Å²) in [6.45, 7) is 4.53. The highest BCUT2D eigenvalue weighted by Crippen LogP contribution is 2.69. The largest absolute Gasteiger partial charge is 0.339 e. The molecule has 3 nitrogen and oxygen atoms in total. The molecule has 0 spiro atoms. The van der Waals surface area contributed by atoms with Crippen molar-refractivity contribution in [1.82, 2.24) is 10.1 Å². The lowest BCUT2D eigenvalue weighted by Crippen LogP contribution is -1.90. The van der Waals surface area contributed by atoms with Crippen LogP contribution in [0.5, 0.6) is 0 Å². The van der Waals surface area contributed by atoms with E-state index in [0.29, 0.717) is 17.7 Å². The fraction of sp³-hybridized carbons (Fsp3) is 0.263. The van der Waals surface area contributed by atoms with Gasteiger partial charge in [0.2, 0.25) is 11.7 Å². The van der Waals surface area contributed by atoms with E-state index in [1.807, 2.05) is 36.4 Å². The second-order valence-electron chi connectivity index (χ2n) is 6.51. The molecule has 0 N–H and O–H groups in total. The molecular formula is C19H18N2O. The third kappa shape index (κ3) is 2.05. The van der Waals surface area contributed by atoms with Crippen LogP contribution >= 0.6 is 0 Å². The molecule has 0 bridgehead atoms. The van der Waals surface area contributed by atoms with Gasteiger partial charge in [0, 0.05) is 11.5 Å². The summed E-state index contributed by atoms with van der Waals surface area (Å²) in [7, 11) is 0. The minimum Gasteiger partial charge on any atom is -0.339 e. The molecule has 3 heteroatoms. The molecule has 0 aliphatic heterocycles. The lowest BCUT2D eigenvalue weighted by molar-refractivity contribution is 0.368. The van der Waals surface area contributed by atoms with Crippen LogP contribution in [0.4, 0.5) is 0 Å². The molecule has 1 aromatic heterocycles. The van der Waals surface area contributed by atoms with Gasteiger partial charge in [-0.2, -0.15) is 4.98 Å². The maximum Gasteiger partial charge on any atom is 0.231 e. The lowest BCUT2D eigenvalue weighted by Gasteiger charge is -2.01. The second-order valence-corrected chi connectivity index (χ2v) is 6.51. The quantitative estimate of drug-likeness (QED) is 0.705. The zero-order valence-electron chi connectivity index (χ0n) is 12.7. The summed E-state index contributed by atoms with van der Waals surface area (Å²) in [6.07, 6.45) is 0. The van der Waals surface area contributed by atoms with Crippen molar-refractivity contribution >= 4 is 0 Å². The number of benzene rings is 2. The van der Waals surface area contributed by atoms with E-state index in [1.165, 1.54) is 5.56 Å². The predicted molar refractivity (Wildman–Crippen MR) is 85.4 cm³/mol. The molecular weight excluding hydrogens is 272 g/mol. The minimum atomic E-state index is 0.155. The van der Waals surface area contributed by atoms with Crippen molar-refractivity contribution in [2.45, 2.75) is 25.7 Å². The molecule has 22 heavy (non-hydrogen) atoms. The van der Waals surface area contributed by atoms with E-state index in [-0.39, 0.29) is 5.41 Å². The minimum absolute atomic E-state index is 0.155. The van der Waals surface area contributed by atoms with Crippen LogP contribution in [-0.4, -0.2) is 10.1 Å². The fourth-order valence-corrected chi connectivity index (χ4v) is 3.45. The van der Waals surface area contributed by atoms with Gasteiger partial charge >= 0.3 is 0 Å². The van der Waals surface area contributed by atoms with E-state index in [2.05, 4.69) is 48.3 Å². The van der Waals surface area contributed by atoms with Crippen molar-refractivity contribution < 1.29 is 4.52 Å². The molecule has 0 amide bonds. The van der Waals surface area contributed by atoms with E-state index < -0.39 is 0 Å². The Kier molecular flexibility index (Phi) is 2.89. The standard InChI is InChI=1S/C19H18N2O/c1-19(2)15(13-9-5-3-6-10-13)16(19)18-20-17(21-22-18)14-11-7-4-8-12-14/h3-12,15-16H,1-2H3. The summed E-state index contributed by atoms with van der Waals surface area (Å²) in [5.74, 6) is 2.15. The molecule has 2 unspecified atom stereocenters. The van der Waals surface area contributed by atoms with Crippen molar-refractivity contribution in [3.05, 3.63) is 72.1 Å². The first-order chi connectivity index (χ1) is 10.7. The summed E-state index contributed by atoms with van der Waals surface area (Å²) in [4.78, 5) is 4.64. The Morgan fingerprint density at radius 3 is 2.18 bits per heavy atom. The maximum absolute atomic E-state index is 5.57. The van der Waals surface area contributed by atoms with Crippen LogP contribution in [0.2, 0.25) is 0 Å². The number of hydrogen-bond donors (Lipinski definition) is 0. The van der Waals surface area contributed by atoms with Gasteiger partial charge in [-0.05, 0) is 11.0 Å². The molecule has 1 heterocycles. The van der Waals surface area contributed by atoms with Crippen molar-refractivity contribution in [3.8, 4) is 11.4 Å². The average molecular weight is 290 g/mol. The Hall–Kier alpha value is -2.42. The van der Waals surface area contributed by atoms with Gasteiger partial charge < -0.3 is 4.52 Å². The zero-order valence-corrected chi connectivity index (χ0v) is 12.7. The molecule has 4 rings (SSSR count). The van der Waals surface area contributed by atoms with Crippen LogP contribution in [0.3, 0.4) is 0 Å². The van der Waals surface area contributed by atoms with Gasteiger partial charge in [-0.15, -0.1) is 0 Å². The Morgan fingerprint density at radius 2 is 1.50 bits per heavy atom. The number of hydrogen-bond acceptors (Lipinski definition) is 3. The Labute approximate surface area is 130 Å². The van der Waals surface area contributed by atoms with Gasteiger partial charge in [-0.3, -0.25) is 0 Å². The molecule has 2 aromatic carbocycles. The van der Waals surface area contributed by atoms with Crippen LogP contribution in [-0.2, 0) is 0 Å². The van der Waals surface area contributed by atoms with Crippen molar-refractivity contribution in [2.75, 3.05) is 0 Å². The Balaban J connectivity index is 1.65. The maximum atomic E-state index is 5.57. The molecule has 1 saturated carbocycles. The van der Waals surface area contributed by atoms with Crippen molar-refractivity contribution in [2.24, 2.45) is 5.41 Å². The Bertz CT molecular complexity index is 777. The molecule has 2 atom stereocenters. The van der Waals surface area contributed by atoms with Crippen LogP contribution in [0, 0.1) is 5.41 Å². The first-order valence-electron chi connectivity index (χ1n) is 7.62. The highest BCUT2D eigenvalue weighted by molar-refractivity contribution is 5.54. The van der Waals surface area contributed by atoms with Gasteiger partial charge in [0.05, 0.1) is 5.92 Å². The van der Waals surface area contributed by atoms with E-state index in [0.717, 1.165) is 11.5 Å². The molecule has 1 aliphatic carbocycles. The molecule has 110 valence electrons. The summed E-state index contributed by atoms with van der Waals surface area (Å²) in [6, 6.07) is 20.5. The van der Waals surface area contributed by atoms with Crippen LogP contribution < -0.4 is 0 Å². The molecule has 0 radical (unpaired) electrons. The van der Waals surface area contributed by atoms with Crippen LogP contribution in [0.1, 0.15) is 37.1 Å². The average Bonchev–Trinajstić information content (AvgIpc) is 2.90. The summed E-state index contributed by atoms with van der Waals surface area (Å²) < 4.78 is 5.57. The number of nitrogens with zero attached hydrogens (tertiary/aromatic N) is 2. The predicted octanol–water partition coefficient (Wildman–Crippen LogP) is 4.64. The van der Waals surface area contributed by atoms with E-state index in [9.17, 15) is 0 Å². The lowest BCUT2D eigenvalue weighted by atomic mass is 10.0. The van der Waals surface area contributed by atoms with Gasteiger partial charge in [0.1, 0.15) is 0 Å². The third-order valence-corrected chi connectivity index (χ3v) is 4.73. The topological polar surface area (TPSA) is 38.9 Å². The highest BCUT2D eigenvalue weighted by Gasteiger charge is 2.61. The third-order valence-electron chi connectivity index (χ3n) is 4.73. The van der Waals surface area contributed by atoms with Crippen molar-refractivity contribution in [3.63, 3.8) is 0 Å². The van der Waals surface area contributed by atoms with E-state index in [1.54, 1.807) is 0 Å². The van der Waals surface area contributed by atoms with Crippen LogP contribution in [0.15, 0.2) is 65.2 Å². The fourth-order valence-electron chi connectivity index (χ4n) is 3.45. The van der Waals surface area contributed by atoms with Gasteiger partial charge in [-0.25, -0.2) is 0 Å². The van der Waals surface area contributed by atoms with Gasteiger partial charge in [0.25, 0.3) is 0 Å². The molecule has 3 aromatic rings. The molecule has 1 fully saturated rings. The van der Waals surface area contributed by atoms with Crippen LogP contribution in [0.25, 0.3) is 11.4 Å². The summed E-state index contributed by atoms with van der Waals surface area (Å²) in [5.41, 5.74) is 2.49. The SMILES string of the molecule is CC1(C)C(c2ccccc2)C1c1nc(-c2ccccc2)no1. The Morgan fingerprint density at radius 1 is 0.864 bits per heavy atom. The monoisotopic (exact) mass is 290 g/mol. The van der Waals surface area contributed by atoms with E-state index >= 15 is 0 Å². The summed E-state index contributed by atoms with van der Waals surface area (Å²) >= 11 is 0. The number of aromatic nitrogens is 2. The first kappa shape index (κ1) is 13.3. The smallest absolute Gasteiger partial charge is 0.231 e. The molecule has 0 saturated heterocycles. The summed E-state index contributed by atoms with van der Waals surface area (Å²) in [5, 5.41) is 4.16. The highest BCUT2D eigenvalue weighted by atomic mass is 16.5. The van der Waals surface area contributed by atoms with E-state index in [4.69, 9.17) is 4.52 Å². The first-order valence-corrected chi connectivity index (χ1v) is 7.62. The number of rotatable bonds is 3. The van der Waals surface area contributed by atoms with Gasteiger partial charge in [-0.1, -0.05) is 79.7 Å². The van der Waals surface area contributed by atoms with Crippen molar-refractivity contribution in [1.29, 1.82) is 0 Å².